The first-order chi connectivity index (χ1) is 15.2. The van der Waals surface area contributed by atoms with E-state index < -0.39 is 5.97 Å². The highest BCUT2D eigenvalue weighted by Crippen LogP contribution is 2.25. The summed E-state index contributed by atoms with van der Waals surface area (Å²) in [4.78, 5) is 25.4. The fourth-order valence-corrected chi connectivity index (χ4v) is 4.20. The van der Waals surface area contributed by atoms with E-state index >= 15 is 0 Å². The van der Waals surface area contributed by atoms with Gasteiger partial charge in [0.15, 0.2) is 0 Å². The van der Waals surface area contributed by atoms with Crippen LogP contribution in [0.15, 0.2) is 97.1 Å². The summed E-state index contributed by atoms with van der Waals surface area (Å²) in [7, 11) is 0. The minimum Gasteiger partial charge on any atom is -0.461 e. The number of thiophene rings is 1. The van der Waals surface area contributed by atoms with Crippen LogP contribution in [0.4, 0.5) is 0 Å². The molecule has 1 aromatic heterocycles. The van der Waals surface area contributed by atoms with Gasteiger partial charge in [-0.05, 0) is 34.2 Å². The second-order valence-corrected chi connectivity index (χ2v) is 7.95. The third kappa shape index (κ3) is 5.27. The number of esters is 1. The van der Waals surface area contributed by atoms with E-state index in [9.17, 15) is 9.59 Å². The molecule has 5 heteroatoms. The minimum absolute atomic E-state index is 0.100. The number of nitrogens with one attached hydrogen (secondary N) is 1. The lowest BCUT2D eigenvalue weighted by atomic mass is 9.98. The predicted octanol–water partition coefficient (Wildman–Crippen LogP) is 5.31. The molecule has 0 saturated carbocycles. The summed E-state index contributed by atoms with van der Waals surface area (Å²) in [5.74, 6) is -0.610. The van der Waals surface area contributed by atoms with Gasteiger partial charge in [-0.15, -0.1) is 11.3 Å². The van der Waals surface area contributed by atoms with Crippen LogP contribution >= 0.6 is 11.3 Å². The van der Waals surface area contributed by atoms with Gasteiger partial charge in [0, 0.05) is 10.8 Å². The lowest BCUT2D eigenvalue weighted by Crippen LogP contribution is -2.27. The average Bonchev–Trinajstić information content (AvgIpc) is 3.26. The number of amides is 1. The zero-order chi connectivity index (χ0) is 21.5. The summed E-state index contributed by atoms with van der Waals surface area (Å²) in [6.45, 7) is 0.349. The fraction of sp³-hybridized carbons (Fsp3) is 0.0769. The molecule has 4 rings (SSSR count). The molecular weight excluding hydrogens is 406 g/mol. The molecule has 0 aliphatic heterocycles. The number of ether oxygens (including phenoxy) is 1. The van der Waals surface area contributed by atoms with E-state index in [4.69, 9.17) is 4.74 Å². The Hall–Kier alpha value is -3.70. The second-order valence-electron chi connectivity index (χ2n) is 6.86. The van der Waals surface area contributed by atoms with Crippen molar-refractivity contribution >= 4 is 38.9 Å². The Balaban J connectivity index is 1.36. The molecule has 4 aromatic rings. The molecule has 1 N–H and O–H groups in total. The largest absolute Gasteiger partial charge is 0.461 e. The zero-order valence-electron chi connectivity index (χ0n) is 16.8. The van der Waals surface area contributed by atoms with Crippen molar-refractivity contribution in [3.63, 3.8) is 0 Å². The maximum atomic E-state index is 12.4. The highest BCUT2D eigenvalue weighted by atomic mass is 32.1. The Bertz CT molecular complexity index is 1140. The first-order valence-electron chi connectivity index (χ1n) is 9.97. The maximum Gasteiger partial charge on any atom is 0.331 e. The van der Waals surface area contributed by atoms with E-state index in [1.807, 2.05) is 91.0 Å². The van der Waals surface area contributed by atoms with Crippen LogP contribution in [0.2, 0.25) is 0 Å². The van der Waals surface area contributed by atoms with Crippen LogP contribution in [0, 0.1) is 0 Å². The Morgan fingerprint density at radius 1 is 0.839 bits per heavy atom. The van der Waals surface area contributed by atoms with Crippen LogP contribution in [-0.2, 0) is 9.53 Å². The van der Waals surface area contributed by atoms with Crippen molar-refractivity contribution in [1.82, 2.24) is 5.32 Å². The number of carbonyl (C=O) groups is 2. The summed E-state index contributed by atoms with van der Waals surface area (Å²) in [5.41, 5.74) is 2.66. The first-order valence-corrected chi connectivity index (χ1v) is 10.8. The average molecular weight is 428 g/mol. The van der Waals surface area contributed by atoms with Crippen molar-refractivity contribution in [3.05, 3.63) is 113 Å². The highest BCUT2D eigenvalue weighted by Gasteiger charge is 2.11. The van der Waals surface area contributed by atoms with Crippen molar-refractivity contribution in [2.24, 2.45) is 0 Å². The lowest BCUT2D eigenvalue weighted by Gasteiger charge is -2.09. The van der Waals surface area contributed by atoms with Crippen LogP contribution in [0.5, 0.6) is 0 Å². The molecule has 0 radical (unpaired) electrons. The molecule has 3 aromatic carbocycles. The van der Waals surface area contributed by atoms with E-state index in [-0.39, 0.29) is 19.1 Å². The van der Waals surface area contributed by atoms with E-state index in [1.54, 1.807) is 0 Å². The quantitative estimate of drug-likeness (QED) is 0.247. The number of hydrogen-bond acceptors (Lipinski definition) is 4. The molecule has 31 heavy (non-hydrogen) atoms. The van der Waals surface area contributed by atoms with E-state index in [0.717, 1.165) is 26.8 Å². The van der Waals surface area contributed by atoms with Crippen molar-refractivity contribution in [1.29, 1.82) is 0 Å². The Labute approximate surface area is 184 Å². The van der Waals surface area contributed by atoms with Crippen LogP contribution in [-0.4, -0.2) is 25.0 Å². The van der Waals surface area contributed by atoms with E-state index in [1.165, 1.54) is 17.4 Å². The van der Waals surface area contributed by atoms with E-state index in [0.29, 0.717) is 4.88 Å². The Morgan fingerprint density at radius 3 is 2.10 bits per heavy atom. The van der Waals surface area contributed by atoms with Crippen molar-refractivity contribution < 1.29 is 14.3 Å². The summed E-state index contributed by atoms with van der Waals surface area (Å²) in [6.07, 6.45) is 1.50. The van der Waals surface area contributed by atoms with Crippen LogP contribution in [0.1, 0.15) is 20.8 Å². The molecule has 0 aliphatic rings. The van der Waals surface area contributed by atoms with E-state index in [2.05, 4.69) is 5.32 Å². The molecule has 0 aliphatic carbocycles. The molecule has 0 atom stereocenters. The van der Waals surface area contributed by atoms with Gasteiger partial charge < -0.3 is 10.1 Å². The Kier molecular flexibility index (Phi) is 6.55. The van der Waals surface area contributed by atoms with Crippen LogP contribution in [0.25, 0.3) is 15.7 Å². The summed E-state index contributed by atoms with van der Waals surface area (Å²) in [6, 6.07) is 29.2. The molecule has 1 amide bonds. The van der Waals surface area contributed by atoms with Crippen molar-refractivity contribution in [2.75, 3.05) is 13.2 Å². The standard InChI is InChI=1S/C26H21NO3S/c28-25(18-22(19-9-3-1-4-10-19)20-11-5-2-6-12-20)30-16-15-27-26(29)24-17-21-13-7-8-14-23(21)31-24/h1-14,17-18H,15-16H2,(H,27,29). The predicted molar refractivity (Wildman–Crippen MR) is 125 cm³/mol. The first kappa shape index (κ1) is 20.6. The molecule has 0 saturated heterocycles. The summed E-state index contributed by atoms with van der Waals surface area (Å²) >= 11 is 1.44. The molecule has 4 nitrogen and oxygen atoms in total. The SMILES string of the molecule is O=C(C=C(c1ccccc1)c1ccccc1)OCCNC(=O)c1cc2ccccc2s1. The Morgan fingerprint density at radius 2 is 1.45 bits per heavy atom. The van der Waals surface area contributed by atoms with Crippen molar-refractivity contribution in [2.45, 2.75) is 0 Å². The van der Waals surface area contributed by atoms with Gasteiger partial charge >= 0.3 is 5.97 Å². The summed E-state index contributed by atoms with van der Waals surface area (Å²) < 4.78 is 6.40. The monoisotopic (exact) mass is 427 g/mol. The highest BCUT2D eigenvalue weighted by molar-refractivity contribution is 7.20. The number of hydrogen-bond donors (Lipinski definition) is 1. The lowest BCUT2D eigenvalue weighted by molar-refractivity contribution is -0.137. The van der Waals surface area contributed by atoms with Gasteiger partial charge in [0.05, 0.1) is 11.4 Å². The smallest absolute Gasteiger partial charge is 0.331 e. The second kappa shape index (κ2) is 9.87. The number of rotatable bonds is 7. The fourth-order valence-electron chi connectivity index (χ4n) is 3.23. The number of carbonyl (C=O) groups excluding carboxylic acids is 2. The molecule has 0 unspecified atom stereocenters. The molecule has 154 valence electrons. The number of benzene rings is 3. The molecular formula is C26H21NO3S. The topological polar surface area (TPSA) is 55.4 Å². The zero-order valence-corrected chi connectivity index (χ0v) is 17.6. The summed E-state index contributed by atoms with van der Waals surface area (Å²) in [5, 5.41) is 3.85. The van der Waals surface area contributed by atoms with Gasteiger partial charge in [-0.25, -0.2) is 4.79 Å². The van der Waals surface area contributed by atoms with Gasteiger partial charge in [0.2, 0.25) is 0 Å². The molecule has 0 spiro atoms. The molecule has 0 bridgehead atoms. The third-order valence-electron chi connectivity index (χ3n) is 4.71. The number of fused-ring (bicyclic) bond motifs is 1. The molecule has 1 heterocycles. The normalized spacial score (nSPS) is 10.5. The maximum absolute atomic E-state index is 12.4. The third-order valence-corrected chi connectivity index (χ3v) is 5.83. The minimum atomic E-state index is -0.446. The van der Waals surface area contributed by atoms with Gasteiger partial charge in [0.25, 0.3) is 5.91 Å². The molecule has 0 fully saturated rings. The van der Waals surface area contributed by atoms with Crippen LogP contribution in [0.3, 0.4) is 0 Å². The van der Waals surface area contributed by atoms with Gasteiger partial charge in [-0.3, -0.25) is 4.79 Å². The van der Waals surface area contributed by atoms with Crippen molar-refractivity contribution in [3.8, 4) is 0 Å². The van der Waals surface area contributed by atoms with Gasteiger partial charge in [-0.1, -0.05) is 78.9 Å². The van der Waals surface area contributed by atoms with Gasteiger partial charge in [-0.2, -0.15) is 0 Å². The van der Waals surface area contributed by atoms with Gasteiger partial charge in [0.1, 0.15) is 6.61 Å². The van der Waals surface area contributed by atoms with Crippen LogP contribution < -0.4 is 5.32 Å².